The van der Waals surface area contributed by atoms with Crippen LogP contribution in [-0.2, 0) is 14.8 Å². The molecule has 8 heteroatoms. The number of hydrogen-bond donors (Lipinski definition) is 1. The van der Waals surface area contributed by atoms with Gasteiger partial charge in [0.1, 0.15) is 0 Å². The number of rotatable bonds is 3. The first-order valence-electron chi connectivity index (χ1n) is 10.6. The van der Waals surface area contributed by atoms with Gasteiger partial charge in [0, 0.05) is 43.0 Å². The summed E-state index contributed by atoms with van der Waals surface area (Å²) in [5, 5.41) is 11.3. The van der Waals surface area contributed by atoms with Gasteiger partial charge in [0.15, 0.2) is 0 Å². The highest BCUT2D eigenvalue weighted by Crippen LogP contribution is 2.40. The lowest BCUT2D eigenvalue weighted by Gasteiger charge is -2.48. The zero-order chi connectivity index (χ0) is 20.6. The minimum absolute atomic E-state index is 0.126. The Morgan fingerprint density at radius 3 is 2.41 bits per heavy atom. The summed E-state index contributed by atoms with van der Waals surface area (Å²) in [4.78, 5) is 15.2. The summed E-state index contributed by atoms with van der Waals surface area (Å²) in [5.41, 5.74) is -0.592. The molecule has 4 rings (SSSR count). The number of benzene rings is 1. The first kappa shape index (κ1) is 21.1. The van der Waals surface area contributed by atoms with E-state index >= 15 is 0 Å². The number of nitrogens with zero attached hydrogens (tertiary/aromatic N) is 2. The first-order valence-corrected chi connectivity index (χ1v) is 12.4. The van der Waals surface area contributed by atoms with Gasteiger partial charge in [0.25, 0.3) is 0 Å². The van der Waals surface area contributed by atoms with E-state index in [9.17, 15) is 18.3 Å². The Balaban J connectivity index is 1.36. The van der Waals surface area contributed by atoms with E-state index in [0.717, 1.165) is 25.7 Å². The molecule has 1 aromatic rings. The van der Waals surface area contributed by atoms with Crippen molar-refractivity contribution < 1.29 is 18.3 Å². The van der Waals surface area contributed by atoms with Crippen molar-refractivity contribution in [2.24, 2.45) is 11.8 Å². The number of likely N-dealkylation sites (tertiary alicyclic amines) is 1. The fourth-order valence-electron chi connectivity index (χ4n) is 5.13. The summed E-state index contributed by atoms with van der Waals surface area (Å²) < 4.78 is 27.1. The Kier molecular flexibility index (Phi) is 5.95. The maximum absolute atomic E-state index is 13.1. The molecule has 1 N–H and O–H groups in total. The van der Waals surface area contributed by atoms with Crippen molar-refractivity contribution in [1.29, 1.82) is 0 Å². The van der Waals surface area contributed by atoms with Gasteiger partial charge in [-0.25, -0.2) is 8.42 Å². The second-order valence-corrected chi connectivity index (χ2v) is 11.1. The maximum Gasteiger partial charge on any atom is 0.243 e. The molecular formula is C21H29ClN2O4S. The molecule has 2 saturated heterocycles. The van der Waals surface area contributed by atoms with Crippen molar-refractivity contribution >= 4 is 27.5 Å². The van der Waals surface area contributed by atoms with Crippen molar-refractivity contribution in [2.75, 3.05) is 26.2 Å². The normalized spacial score (nSPS) is 29.4. The lowest BCUT2D eigenvalue weighted by atomic mass is 9.71. The van der Waals surface area contributed by atoms with Gasteiger partial charge in [-0.2, -0.15) is 4.31 Å². The quantitative estimate of drug-likeness (QED) is 0.783. The SMILES string of the molecule is O=C(C1CCN(S(=O)(=O)c2ccc(Cl)cc2)CC1)N1CC[C@@]2(O)CCCC[C@@H]2C1. The van der Waals surface area contributed by atoms with Crippen LogP contribution in [0.5, 0.6) is 0 Å². The highest BCUT2D eigenvalue weighted by molar-refractivity contribution is 7.89. The van der Waals surface area contributed by atoms with Crippen LogP contribution in [-0.4, -0.2) is 60.4 Å². The summed E-state index contributed by atoms with van der Waals surface area (Å²) in [5.74, 6) is 0.168. The van der Waals surface area contributed by atoms with E-state index in [0.29, 0.717) is 50.5 Å². The molecule has 29 heavy (non-hydrogen) atoms. The smallest absolute Gasteiger partial charge is 0.243 e. The maximum atomic E-state index is 13.1. The van der Waals surface area contributed by atoms with E-state index < -0.39 is 15.6 Å². The molecule has 0 spiro atoms. The van der Waals surface area contributed by atoms with Crippen LogP contribution in [0, 0.1) is 11.8 Å². The number of halogens is 1. The number of amides is 1. The Hall–Kier alpha value is -1.15. The Morgan fingerprint density at radius 2 is 1.72 bits per heavy atom. The highest BCUT2D eigenvalue weighted by Gasteiger charge is 2.45. The van der Waals surface area contributed by atoms with Gasteiger partial charge in [-0.15, -0.1) is 0 Å². The number of carbonyl (C=O) groups excluding carboxylic acids is 1. The zero-order valence-corrected chi connectivity index (χ0v) is 18.2. The Bertz CT molecular complexity index is 852. The first-order chi connectivity index (χ1) is 13.8. The number of hydrogen-bond acceptors (Lipinski definition) is 4. The minimum atomic E-state index is -3.56. The number of aliphatic hydroxyl groups is 1. The molecule has 1 aliphatic carbocycles. The van der Waals surface area contributed by atoms with Gasteiger partial charge < -0.3 is 10.0 Å². The van der Waals surface area contributed by atoms with Gasteiger partial charge in [-0.3, -0.25) is 4.79 Å². The fraction of sp³-hybridized carbons (Fsp3) is 0.667. The molecule has 6 nitrogen and oxygen atoms in total. The van der Waals surface area contributed by atoms with Gasteiger partial charge in [-0.1, -0.05) is 24.4 Å². The minimum Gasteiger partial charge on any atom is -0.389 e. The van der Waals surface area contributed by atoms with Crippen LogP contribution in [0.3, 0.4) is 0 Å². The third-order valence-electron chi connectivity index (χ3n) is 6.99. The molecule has 0 bridgehead atoms. The average Bonchev–Trinajstić information content (AvgIpc) is 2.73. The van der Waals surface area contributed by atoms with Crippen LogP contribution in [0.15, 0.2) is 29.2 Å². The predicted molar refractivity (Wildman–Crippen MR) is 111 cm³/mol. The van der Waals surface area contributed by atoms with Crippen molar-refractivity contribution in [3.63, 3.8) is 0 Å². The topological polar surface area (TPSA) is 77.9 Å². The van der Waals surface area contributed by atoms with Gasteiger partial charge in [-0.05, 0) is 56.4 Å². The lowest BCUT2D eigenvalue weighted by molar-refractivity contribution is -0.148. The molecule has 3 aliphatic rings. The van der Waals surface area contributed by atoms with Crippen molar-refractivity contribution in [3.05, 3.63) is 29.3 Å². The van der Waals surface area contributed by atoms with Crippen molar-refractivity contribution in [3.8, 4) is 0 Å². The number of sulfonamides is 1. The van der Waals surface area contributed by atoms with Crippen LogP contribution in [0.1, 0.15) is 44.9 Å². The standard InChI is InChI=1S/C21H29ClN2O4S/c22-18-4-6-19(7-5-18)29(27,28)24-12-8-16(9-13-24)20(25)23-14-11-21(26)10-2-1-3-17(21)15-23/h4-7,16-17,26H,1-3,8-15H2/t17-,21+/m1/s1. The molecule has 1 amide bonds. The molecule has 0 radical (unpaired) electrons. The van der Waals surface area contributed by atoms with E-state index in [4.69, 9.17) is 11.6 Å². The molecule has 3 fully saturated rings. The average molecular weight is 441 g/mol. The third-order valence-corrected chi connectivity index (χ3v) is 9.16. The van der Waals surface area contributed by atoms with Crippen LogP contribution in [0.4, 0.5) is 0 Å². The van der Waals surface area contributed by atoms with Gasteiger partial charge >= 0.3 is 0 Å². The van der Waals surface area contributed by atoms with Crippen LogP contribution >= 0.6 is 11.6 Å². The van der Waals surface area contributed by atoms with E-state index in [2.05, 4.69) is 0 Å². The molecule has 0 unspecified atom stereocenters. The molecule has 2 aliphatic heterocycles. The number of fused-ring (bicyclic) bond motifs is 1. The second kappa shape index (κ2) is 8.17. The Morgan fingerprint density at radius 1 is 1.03 bits per heavy atom. The van der Waals surface area contributed by atoms with Crippen LogP contribution < -0.4 is 0 Å². The Labute approximate surface area is 177 Å². The number of piperidine rings is 2. The van der Waals surface area contributed by atoms with Gasteiger partial charge in [0.2, 0.25) is 15.9 Å². The zero-order valence-electron chi connectivity index (χ0n) is 16.6. The van der Waals surface area contributed by atoms with Gasteiger partial charge in [0.05, 0.1) is 10.5 Å². The predicted octanol–water partition coefficient (Wildman–Crippen LogP) is 2.89. The van der Waals surface area contributed by atoms with E-state index in [1.165, 1.54) is 16.4 Å². The summed E-state index contributed by atoms with van der Waals surface area (Å²) in [6, 6.07) is 6.20. The molecule has 0 aromatic heterocycles. The van der Waals surface area contributed by atoms with Crippen molar-refractivity contribution in [2.45, 2.75) is 55.4 Å². The molecule has 2 atom stereocenters. The molecule has 160 valence electrons. The summed E-state index contributed by atoms with van der Waals surface area (Å²) in [6.07, 6.45) is 5.76. The van der Waals surface area contributed by atoms with E-state index in [1.807, 2.05) is 4.90 Å². The molecule has 2 heterocycles. The second-order valence-electron chi connectivity index (χ2n) is 8.71. The molecular weight excluding hydrogens is 412 g/mol. The summed E-state index contributed by atoms with van der Waals surface area (Å²) >= 11 is 5.86. The third kappa shape index (κ3) is 4.20. The molecule has 1 saturated carbocycles. The summed E-state index contributed by atoms with van der Waals surface area (Å²) in [6.45, 7) is 1.94. The van der Waals surface area contributed by atoms with Crippen molar-refractivity contribution in [1.82, 2.24) is 9.21 Å². The largest absolute Gasteiger partial charge is 0.389 e. The lowest BCUT2D eigenvalue weighted by Crippen LogP contribution is -2.56. The highest BCUT2D eigenvalue weighted by atomic mass is 35.5. The van der Waals surface area contributed by atoms with E-state index in [-0.39, 0.29) is 22.6 Å². The fourth-order valence-corrected chi connectivity index (χ4v) is 6.72. The molecule has 1 aromatic carbocycles. The monoisotopic (exact) mass is 440 g/mol. The summed E-state index contributed by atoms with van der Waals surface area (Å²) in [7, 11) is -3.56. The number of carbonyl (C=O) groups is 1. The van der Waals surface area contributed by atoms with Crippen LogP contribution in [0.25, 0.3) is 0 Å². The van der Waals surface area contributed by atoms with Crippen LogP contribution in [0.2, 0.25) is 5.02 Å². The van der Waals surface area contributed by atoms with E-state index in [1.54, 1.807) is 12.1 Å².